The van der Waals surface area contributed by atoms with Crippen LogP contribution in [0.15, 0.2) is 56.2 Å². The van der Waals surface area contributed by atoms with Crippen LogP contribution >= 0.6 is 0 Å². The summed E-state index contributed by atoms with van der Waals surface area (Å²) in [7, 11) is 0. The van der Waals surface area contributed by atoms with Crippen molar-refractivity contribution in [3.05, 3.63) is 53.0 Å². The molecule has 0 atom stereocenters. The van der Waals surface area contributed by atoms with Gasteiger partial charge in [0.25, 0.3) is 5.89 Å². The van der Waals surface area contributed by atoms with Crippen molar-refractivity contribution >= 4 is 11.1 Å². The highest BCUT2D eigenvalue weighted by atomic mass is 16.5. The average Bonchev–Trinajstić information content (AvgIpc) is 3.25. The van der Waals surface area contributed by atoms with Gasteiger partial charge in [0.2, 0.25) is 5.82 Å². The van der Waals surface area contributed by atoms with E-state index >= 15 is 0 Å². The number of hydrogen-bond acceptors (Lipinski definition) is 6. The van der Waals surface area contributed by atoms with Gasteiger partial charge in [0.05, 0.1) is 12.1 Å². The highest BCUT2D eigenvalue weighted by molar-refractivity contribution is 5.79. The molecular formula is C20H19N3O4. The molecule has 2 aromatic carbocycles. The van der Waals surface area contributed by atoms with Crippen LogP contribution < -0.4 is 10.5 Å². The summed E-state index contributed by atoms with van der Waals surface area (Å²) in [5.41, 5.74) is 2.76. The van der Waals surface area contributed by atoms with Gasteiger partial charge in [-0.1, -0.05) is 5.16 Å². The lowest BCUT2D eigenvalue weighted by atomic mass is 10.2. The Hall–Kier alpha value is -3.35. The van der Waals surface area contributed by atoms with Crippen LogP contribution in [-0.2, 0) is 0 Å². The average molecular weight is 365 g/mol. The van der Waals surface area contributed by atoms with Crippen LogP contribution in [0.25, 0.3) is 33.9 Å². The van der Waals surface area contributed by atoms with Crippen molar-refractivity contribution < 1.29 is 13.7 Å². The molecule has 0 saturated carbocycles. The predicted octanol–water partition coefficient (Wildman–Crippen LogP) is 4.29. The molecule has 4 aromatic rings. The second-order valence-electron chi connectivity index (χ2n) is 6.39. The van der Waals surface area contributed by atoms with E-state index in [4.69, 9.17) is 13.7 Å². The summed E-state index contributed by atoms with van der Waals surface area (Å²) in [5, 5.41) is 4.05. The van der Waals surface area contributed by atoms with Crippen LogP contribution in [0.2, 0.25) is 0 Å². The SMILES string of the molecule is CCOc1ccc(-c2nc(-c3ccc4c(c3)oc(=O)n4C(C)C)no2)cc1. The van der Waals surface area contributed by atoms with Gasteiger partial charge in [0.1, 0.15) is 5.75 Å². The maximum Gasteiger partial charge on any atom is 0.420 e. The number of benzene rings is 2. The Morgan fingerprint density at radius 3 is 2.56 bits per heavy atom. The van der Waals surface area contributed by atoms with Gasteiger partial charge >= 0.3 is 5.76 Å². The van der Waals surface area contributed by atoms with Crippen molar-refractivity contribution in [2.45, 2.75) is 26.8 Å². The number of fused-ring (bicyclic) bond motifs is 1. The molecule has 2 aromatic heterocycles. The smallest absolute Gasteiger partial charge is 0.420 e. The number of oxazole rings is 1. The Bertz CT molecular complexity index is 1140. The lowest BCUT2D eigenvalue weighted by Gasteiger charge is -2.04. The van der Waals surface area contributed by atoms with Gasteiger partial charge in [0, 0.05) is 17.2 Å². The molecule has 0 radical (unpaired) electrons. The van der Waals surface area contributed by atoms with Crippen LogP contribution in [-0.4, -0.2) is 21.3 Å². The predicted molar refractivity (Wildman–Crippen MR) is 101 cm³/mol. The minimum Gasteiger partial charge on any atom is -0.494 e. The van der Waals surface area contributed by atoms with Gasteiger partial charge in [-0.3, -0.25) is 4.57 Å². The van der Waals surface area contributed by atoms with Gasteiger partial charge < -0.3 is 13.7 Å². The summed E-state index contributed by atoms with van der Waals surface area (Å²) in [6, 6.07) is 12.9. The number of hydrogen-bond donors (Lipinski definition) is 0. The van der Waals surface area contributed by atoms with Crippen LogP contribution in [0.5, 0.6) is 5.75 Å². The molecule has 0 fully saturated rings. The Morgan fingerprint density at radius 2 is 1.85 bits per heavy atom. The third kappa shape index (κ3) is 3.12. The molecule has 0 saturated heterocycles. The first-order chi connectivity index (χ1) is 13.1. The van der Waals surface area contributed by atoms with Crippen molar-refractivity contribution in [3.8, 4) is 28.6 Å². The van der Waals surface area contributed by atoms with Crippen molar-refractivity contribution in [1.82, 2.24) is 14.7 Å². The van der Waals surface area contributed by atoms with Gasteiger partial charge in [-0.25, -0.2) is 4.79 Å². The molecule has 0 N–H and O–H groups in total. The topological polar surface area (TPSA) is 83.3 Å². The fourth-order valence-electron chi connectivity index (χ4n) is 2.98. The van der Waals surface area contributed by atoms with E-state index in [-0.39, 0.29) is 11.8 Å². The van der Waals surface area contributed by atoms with E-state index in [1.807, 2.05) is 57.2 Å². The van der Waals surface area contributed by atoms with Gasteiger partial charge in [0.15, 0.2) is 5.58 Å². The molecule has 7 nitrogen and oxygen atoms in total. The van der Waals surface area contributed by atoms with Gasteiger partial charge in [-0.05, 0) is 63.2 Å². The molecule has 0 unspecified atom stereocenters. The monoisotopic (exact) mass is 365 g/mol. The van der Waals surface area contributed by atoms with Crippen LogP contribution in [0.4, 0.5) is 0 Å². The summed E-state index contributed by atoms with van der Waals surface area (Å²) < 4.78 is 17.8. The Balaban J connectivity index is 1.67. The number of nitrogens with zero attached hydrogens (tertiary/aromatic N) is 3. The largest absolute Gasteiger partial charge is 0.494 e. The summed E-state index contributed by atoms with van der Waals surface area (Å²) >= 11 is 0. The van der Waals surface area contributed by atoms with Crippen LogP contribution in [0.3, 0.4) is 0 Å². The second kappa shape index (κ2) is 6.75. The van der Waals surface area contributed by atoms with Crippen molar-refractivity contribution in [3.63, 3.8) is 0 Å². The maximum absolute atomic E-state index is 12.0. The molecule has 0 amide bonds. The fourth-order valence-corrected chi connectivity index (χ4v) is 2.98. The van der Waals surface area contributed by atoms with E-state index in [9.17, 15) is 4.79 Å². The molecule has 0 aliphatic carbocycles. The molecule has 27 heavy (non-hydrogen) atoms. The molecule has 4 rings (SSSR count). The van der Waals surface area contributed by atoms with E-state index in [0.717, 1.165) is 16.8 Å². The van der Waals surface area contributed by atoms with Crippen LogP contribution in [0, 0.1) is 0 Å². The molecule has 0 bridgehead atoms. The summed E-state index contributed by atoms with van der Waals surface area (Å²) in [4.78, 5) is 16.5. The lowest BCUT2D eigenvalue weighted by molar-refractivity contribution is 0.340. The third-order valence-corrected chi connectivity index (χ3v) is 4.23. The maximum atomic E-state index is 12.0. The van der Waals surface area contributed by atoms with E-state index in [2.05, 4.69) is 10.1 Å². The standard InChI is InChI=1S/C20H19N3O4/c1-4-25-15-8-5-13(6-9-15)19-21-18(22-27-19)14-7-10-16-17(11-14)26-20(24)23(16)12(2)3/h5-12H,4H2,1-3H3. The van der Waals surface area contributed by atoms with E-state index in [1.54, 1.807) is 10.6 Å². The minimum atomic E-state index is -0.375. The first kappa shape index (κ1) is 17.1. The quantitative estimate of drug-likeness (QED) is 0.524. The number of rotatable bonds is 5. The van der Waals surface area contributed by atoms with Crippen molar-refractivity contribution in [2.75, 3.05) is 6.61 Å². The molecule has 0 aliphatic rings. The zero-order valence-corrected chi connectivity index (χ0v) is 15.3. The zero-order valence-electron chi connectivity index (χ0n) is 15.3. The third-order valence-electron chi connectivity index (χ3n) is 4.23. The molecule has 138 valence electrons. The van der Waals surface area contributed by atoms with E-state index in [0.29, 0.717) is 29.5 Å². The van der Waals surface area contributed by atoms with Crippen molar-refractivity contribution in [2.24, 2.45) is 0 Å². The second-order valence-corrected chi connectivity index (χ2v) is 6.39. The Morgan fingerprint density at radius 1 is 1.11 bits per heavy atom. The highest BCUT2D eigenvalue weighted by Gasteiger charge is 2.15. The lowest BCUT2D eigenvalue weighted by Crippen LogP contribution is -2.15. The summed E-state index contributed by atoms with van der Waals surface area (Å²) in [5.74, 6) is 1.26. The normalized spacial score (nSPS) is 11.4. The van der Waals surface area contributed by atoms with Crippen LogP contribution in [0.1, 0.15) is 26.8 Å². The molecule has 0 aliphatic heterocycles. The molecule has 2 heterocycles. The molecular weight excluding hydrogens is 346 g/mol. The zero-order chi connectivity index (χ0) is 19.0. The fraction of sp³-hybridized carbons (Fsp3) is 0.250. The molecule has 7 heteroatoms. The van der Waals surface area contributed by atoms with Crippen molar-refractivity contribution in [1.29, 1.82) is 0 Å². The van der Waals surface area contributed by atoms with E-state index < -0.39 is 0 Å². The first-order valence-electron chi connectivity index (χ1n) is 8.79. The summed E-state index contributed by atoms with van der Waals surface area (Å²) in [6.45, 7) is 6.42. The minimum absolute atomic E-state index is 0.0148. The van der Waals surface area contributed by atoms with Gasteiger partial charge in [-0.15, -0.1) is 0 Å². The van der Waals surface area contributed by atoms with Gasteiger partial charge in [-0.2, -0.15) is 4.98 Å². The Labute approximate surface area is 155 Å². The molecule has 0 spiro atoms. The highest BCUT2D eigenvalue weighted by Crippen LogP contribution is 2.27. The van der Waals surface area contributed by atoms with E-state index in [1.165, 1.54) is 0 Å². The first-order valence-corrected chi connectivity index (χ1v) is 8.79. The Kier molecular flexibility index (Phi) is 4.27. The number of aromatic nitrogens is 3. The number of ether oxygens (including phenoxy) is 1. The summed E-state index contributed by atoms with van der Waals surface area (Å²) in [6.07, 6.45) is 0.